The molecule has 0 saturated heterocycles. The number of primary amides is 1. The van der Waals surface area contributed by atoms with Crippen molar-refractivity contribution < 1.29 is 19.1 Å². The molecule has 7 nitrogen and oxygen atoms in total. The fraction of sp³-hybridized carbons (Fsp3) is 0.276. The van der Waals surface area contributed by atoms with Crippen LogP contribution in [0.5, 0.6) is 5.75 Å². The summed E-state index contributed by atoms with van der Waals surface area (Å²) in [5.74, 6) is 0.175. The quantitative estimate of drug-likeness (QED) is 0.527. The summed E-state index contributed by atoms with van der Waals surface area (Å²) in [4.78, 5) is 41.2. The van der Waals surface area contributed by atoms with Crippen molar-refractivity contribution in [2.45, 2.75) is 45.2 Å². The van der Waals surface area contributed by atoms with Gasteiger partial charge in [-0.1, -0.05) is 30.3 Å². The normalized spacial score (nSPS) is 16.7. The lowest BCUT2D eigenvalue weighted by atomic mass is 9.89. The number of ether oxygens (including phenoxy) is 1. The molecule has 1 aliphatic rings. The number of hydrogen-bond donors (Lipinski definition) is 1. The number of para-hydroxylation sites is 1. The van der Waals surface area contributed by atoms with Crippen LogP contribution in [-0.2, 0) is 16.0 Å². The van der Waals surface area contributed by atoms with Gasteiger partial charge in [0.25, 0.3) is 5.91 Å². The van der Waals surface area contributed by atoms with Crippen LogP contribution in [0.3, 0.4) is 0 Å². The van der Waals surface area contributed by atoms with E-state index in [0.29, 0.717) is 24.2 Å². The molecule has 0 fully saturated rings. The number of nitrogens with zero attached hydrogens (tertiary/aromatic N) is 2. The lowest BCUT2D eigenvalue weighted by molar-refractivity contribution is -0.118. The van der Waals surface area contributed by atoms with Crippen molar-refractivity contribution >= 4 is 29.1 Å². The van der Waals surface area contributed by atoms with E-state index in [1.165, 1.54) is 0 Å². The summed E-state index contributed by atoms with van der Waals surface area (Å²) in [6, 6.07) is 22.1. The molecule has 1 aliphatic heterocycles. The Bertz CT molecular complexity index is 1250. The smallest absolute Gasteiger partial charge is 0.258 e. The molecule has 3 aromatic carbocycles. The zero-order valence-electron chi connectivity index (χ0n) is 20.8. The van der Waals surface area contributed by atoms with Crippen molar-refractivity contribution in [3.05, 3.63) is 89.5 Å². The van der Waals surface area contributed by atoms with Crippen molar-refractivity contribution in [3.63, 3.8) is 0 Å². The summed E-state index contributed by atoms with van der Waals surface area (Å²) >= 11 is 0. The molecule has 0 saturated carbocycles. The summed E-state index contributed by atoms with van der Waals surface area (Å²) < 4.78 is 5.23. The van der Waals surface area contributed by atoms with Gasteiger partial charge in [-0.3, -0.25) is 14.4 Å². The molecule has 0 radical (unpaired) electrons. The first kappa shape index (κ1) is 25.0. The first-order valence-corrected chi connectivity index (χ1v) is 12.0. The predicted molar refractivity (Wildman–Crippen MR) is 140 cm³/mol. The van der Waals surface area contributed by atoms with E-state index in [0.717, 1.165) is 22.5 Å². The Kier molecular flexibility index (Phi) is 7.38. The van der Waals surface area contributed by atoms with Crippen molar-refractivity contribution in [2.75, 3.05) is 16.9 Å². The highest BCUT2D eigenvalue weighted by Gasteiger charge is 2.38. The number of amides is 3. The van der Waals surface area contributed by atoms with Crippen LogP contribution < -0.4 is 20.3 Å². The highest BCUT2D eigenvalue weighted by Crippen LogP contribution is 2.42. The molecule has 2 N–H and O–H groups in total. The largest absolute Gasteiger partial charge is 0.497 e. The molecule has 0 spiro atoms. The Morgan fingerprint density at radius 3 is 2.28 bits per heavy atom. The van der Waals surface area contributed by atoms with E-state index in [4.69, 9.17) is 10.5 Å². The summed E-state index contributed by atoms with van der Waals surface area (Å²) in [7, 11) is 1.59. The minimum atomic E-state index is -0.342. The average molecular weight is 486 g/mol. The molecule has 3 amide bonds. The third-order valence-corrected chi connectivity index (χ3v) is 6.64. The molecule has 4 rings (SSSR count). The Balaban J connectivity index is 1.67. The molecule has 2 atom stereocenters. The molecule has 1 heterocycles. The van der Waals surface area contributed by atoms with E-state index in [1.807, 2.05) is 60.4 Å². The van der Waals surface area contributed by atoms with Gasteiger partial charge in [0.15, 0.2) is 0 Å². The minimum Gasteiger partial charge on any atom is -0.497 e. The number of rotatable bonds is 7. The maximum Gasteiger partial charge on any atom is 0.258 e. The van der Waals surface area contributed by atoms with Gasteiger partial charge >= 0.3 is 0 Å². The van der Waals surface area contributed by atoms with Crippen molar-refractivity contribution in [2.24, 2.45) is 5.73 Å². The van der Waals surface area contributed by atoms with Gasteiger partial charge in [-0.05, 0) is 73.4 Å². The first-order chi connectivity index (χ1) is 17.3. The molecular formula is C29H31N3O4. The Morgan fingerprint density at radius 1 is 1.00 bits per heavy atom. The number of benzene rings is 3. The first-order valence-electron chi connectivity index (χ1n) is 12.0. The van der Waals surface area contributed by atoms with Gasteiger partial charge in [0.1, 0.15) is 5.75 Å². The van der Waals surface area contributed by atoms with E-state index in [-0.39, 0.29) is 36.2 Å². The number of anilines is 2. The molecule has 36 heavy (non-hydrogen) atoms. The van der Waals surface area contributed by atoms with Gasteiger partial charge in [0.2, 0.25) is 11.8 Å². The third-order valence-electron chi connectivity index (χ3n) is 6.64. The van der Waals surface area contributed by atoms with E-state index in [1.54, 1.807) is 43.2 Å². The summed E-state index contributed by atoms with van der Waals surface area (Å²) in [6.45, 7) is 3.57. The number of carbonyl (C=O) groups is 3. The number of fused-ring (bicyclic) bond motifs is 1. The van der Waals surface area contributed by atoms with Crippen LogP contribution in [0, 0.1) is 0 Å². The predicted octanol–water partition coefficient (Wildman–Crippen LogP) is 4.65. The molecule has 0 aliphatic carbocycles. The van der Waals surface area contributed by atoms with Gasteiger partial charge in [0.05, 0.1) is 13.2 Å². The monoisotopic (exact) mass is 485 g/mol. The molecule has 3 aromatic rings. The fourth-order valence-electron chi connectivity index (χ4n) is 4.88. The highest BCUT2D eigenvalue weighted by molar-refractivity contribution is 6.07. The van der Waals surface area contributed by atoms with E-state index < -0.39 is 0 Å². The van der Waals surface area contributed by atoms with Crippen molar-refractivity contribution in [1.82, 2.24) is 0 Å². The molecule has 0 aromatic heterocycles. The van der Waals surface area contributed by atoms with Crippen LogP contribution in [0.15, 0.2) is 72.8 Å². The highest BCUT2D eigenvalue weighted by atomic mass is 16.5. The fourth-order valence-corrected chi connectivity index (χ4v) is 4.88. The van der Waals surface area contributed by atoms with Crippen LogP contribution in [0.2, 0.25) is 0 Å². The number of hydrogen-bond acceptors (Lipinski definition) is 4. The zero-order valence-corrected chi connectivity index (χ0v) is 20.8. The van der Waals surface area contributed by atoms with Gasteiger partial charge < -0.3 is 20.3 Å². The SMILES string of the molecule is COc1ccc(C(=O)N2c3ccccc3[C@@H](N(C(C)=O)c3ccc(CCC(N)=O)cc3)C[C@H]2C)cc1. The van der Waals surface area contributed by atoms with Crippen LogP contribution in [0.1, 0.15) is 54.2 Å². The third kappa shape index (κ3) is 5.10. The van der Waals surface area contributed by atoms with Crippen LogP contribution in [0.4, 0.5) is 11.4 Å². The van der Waals surface area contributed by atoms with E-state index in [9.17, 15) is 14.4 Å². The van der Waals surface area contributed by atoms with E-state index >= 15 is 0 Å². The lowest BCUT2D eigenvalue weighted by Crippen LogP contribution is -2.47. The summed E-state index contributed by atoms with van der Waals surface area (Å²) in [5, 5.41) is 0. The van der Waals surface area contributed by atoms with E-state index in [2.05, 4.69) is 0 Å². The van der Waals surface area contributed by atoms with Crippen molar-refractivity contribution in [1.29, 1.82) is 0 Å². The Morgan fingerprint density at radius 2 is 1.67 bits per heavy atom. The van der Waals surface area contributed by atoms with Crippen molar-refractivity contribution in [3.8, 4) is 5.75 Å². The number of methoxy groups -OCH3 is 1. The summed E-state index contributed by atoms with van der Waals surface area (Å²) in [6.07, 6.45) is 1.42. The molecule has 0 bridgehead atoms. The van der Waals surface area contributed by atoms with Crippen LogP contribution in [-0.4, -0.2) is 30.9 Å². The zero-order chi connectivity index (χ0) is 25.8. The standard InChI is InChI=1S/C29H31N3O4/c1-19-18-27(32(20(2)33)23-13-8-21(9-14-23)10-17-28(30)34)25-6-4-5-7-26(25)31(19)29(35)22-11-15-24(36-3)16-12-22/h4-9,11-16,19,27H,10,17-18H2,1-3H3,(H2,30,34)/t19-,27+/m1/s1. The van der Waals surface area contributed by atoms with Crippen LogP contribution >= 0.6 is 0 Å². The molecule has 186 valence electrons. The Hall–Kier alpha value is -4.13. The molecule has 0 unspecified atom stereocenters. The Labute approximate surface area is 211 Å². The van der Waals surface area contributed by atoms with Crippen LogP contribution in [0.25, 0.3) is 0 Å². The minimum absolute atomic E-state index is 0.0816. The second-order valence-electron chi connectivity index (χ2n) is 9.08. The molecule has 7 heteroatoms. The second kappa shape index (κ2) is 10.6. The average Bonchev–Trinajstić information content (AvgIpc) is 2.88. The van der Waals surface area contributed by atoms with Gasteiger partial charge in [-0.15, -0.1) is 0 Å². The molecular weight excluding hydrogens is 454 g/mol. The number of carbonyl (C=O) groups excluding carboxylic acids is 3. The number of nitrogens with two attached hydrogens (primary N) is 1. The van der Waals surface area contributed by atoms with Gasteiger partial charge in [-0.2, -0.15) is 0 Å². The van der Waals surface area contributed by atoms with Gasteiger partial charge in [0, 0.05) is 36.3 Å². The summed E-state index contributed by atoms with van der Waals surface area (Å²) in [5.41, 5.74) is 9.32. The maximum atomic E-state index is 13.6. The maximum absolute atomic E-state index is 13.6. The lowest BCUT2D eigenvalue weighted by Gasteiger charge is -2.43. The second-order valence-corrected chi connectivity index (χ2v) is 9.08. The topological polar surface area (TPSA) is 92.9 Å². The number of aryl methyl sites for hydroxylation is 1. The van der Waals surface area contributed by atoms with Gasteiger partial charge in [-0.25, -0.2) is 0 Å².